The summed E-state index contributed by atoms with van der Waals surface area (Å²) in [4.78, 5) is 25.7. The topological polar surface area (TPSA) is 88.0 Å². The first-order valence-corrected chi connectivity index (χ1v) is 5.56. The predicted molar refractivity (Wildman–Crippen MR) is 68.7 cm³/mol. The Morgan fingerprint density at radius 2 is 2.00 bits per heavy atom. The number of carboxylic acids is 1. The molecule has 0 fully saturated rings. The lowest BCUT2D eigenvalue weighted by atomic mass is 10.2. The number of aromatic nitrogens is 3. The number of nitrogens with zero attached hydrogens (tertiary/aromatic N) is 2. The van der Waals surface area contributed by atoms with Crippen LogP contribution in [0.15, 0.2) is 47.5 Å². The van der Waals surface area contributed by atoms with Crippen molar-refractivity contribution in [1.29, 1.82) is 0 Å². The molecule has 19 heavy (non-hydrogen) atoms. The number of aromatic amines is 1. The number of hydrogen-bond acceptors (Lipinski definition) is 3. The van der Waals surface area contributed by atoms with Crippen LogP contribution in [0.3, 0.4) is 0 Å². The van der Waals surface area contributed by atoms with Gasteiger partial charge in [0.05, 0.1) is 17.3 Å². The quantitative estimate of drug-likeness (QED) is 0.724. The highest BCUT2D eigenvalue weighted by Crippen LogP contribution is 2.13. The van der Waals surface area contributed by atoms with Gasteiger partial charge in [-0.05, 0) is 12.1 Å². The Morgan fingerprint density at radius 3 is 2.68 bits per heavy atom. The van der Waals surface area contributed by atoms with Crippen molar-refractivity contribution < 1.29 is 9.90 Å². The summed E-state index contributed by atoms with van der Waals surface area (Å²) in [6, 6.07) is 9.27. The summed E-state index contributed by atoms with van der Waals surface area (Å²) in [7, 11) is 0. The number of carboxylic acid groups (broad SMARTS) is 1. The van der Waals surface area contributed by atoms with E-state index in [1.807, 2.05) is 30.3 Å². The first kappa shape index (κ1) is 11.2. The molecule has 6 heteroatoms. The van der Waals surface area contributed by atoms with Gasteiger partial charge in [0.15, 0.2) is 0 Å². The van der Waals surface area contributed by atoms with E-state index in [4.69, 9.17) is 5.11 Å². The van der Waals surface area contributed by atoms with Gasteiger partial charge in [-0.2, -0.15) is 5.10 Å². The zero-order valence-corrected chi connectivity index (χ0v) is 9.70. The molecule has 0 spiro atoms. The number of H-pyrrole nitrogens is 1. The van der Waals surface area contributed by atoms with E-state index in [0.29, 0.717) is 5.65 Å². The van der Waals surface area contributed by atoms with Gasteiger partial charge in [-0.1, -0.05) is 18.2 Å². The standard InChI is InChI=1S/C13H9N3O3/c17-11-9-7-15-16(8-4-2-1-3-5-8)12(9)14-6-10(11)13(18)19/h1-7H,(H,14,17)(H,18,19). The van der Waals surface area contributed by atoms with Crippen molar-refractivity contribution in [3.8, 4) is 5.69 Å². The Hall–Kier alpha value is -2.89. The number of pyridine rings is 1. The fourth-order valence-corrected chi connectivity index (χ4v) is 1.93. The summed E-state index contributed by atoms with van der Waals surface area (Å²) in [5.74, 6) is -1.25. The number of hydrogen-bond donors (Lipinski definition) is 2. The zero-order chi connectivity index (χ0) is 13.4. The van der Waals surface area contributed by atoms with E-state index >= 15 is 0 Å². The smallest absolute Gasteiger partial charge is 0.341 e. The number of nitrogens with one attached hydrogen (secondary N) is 1. The Balaban J connectivity index is 2.29. The van der Waals surface area contributed by atoms with Crippen LogP contribution < -0.4 is 5.43 Å². The molecule has 0 aliphatic heterocycles. The zero-order valence-electron chi connectivity index (χ0n) is 9.70. The van der Waals surface area contributed by atoms with Crippen molar-refractivity contribution in [2.45, 2.75) is 0 Å². The van der Waals surface area contributed by atoms with Crippen molar-refractivity contribution >= 4 is 17.0 Å². The van der Waals surface area contributed by atoms with Gasteiger partial charge in [0.1, 0.15) is 11.2 Å². The average Bonchev–Trinajstić information content (AvgIpc) is 2.84. The second-order valence-electron chi connectivity index (χ2n) is 3.99. The van der Waals surface area contributed by atoms with E-state index in [9.17, 15) is 9.59 Å². The van der Waals surface area contributed by atoms with E-state index in [2.05, 4.69) is 10.1 Å². The van der Waals surface area contributed by atoms with Gasteiger partial charge in [-0.15, -0.1) is 0 Å². The normalized spacial score (nSPS) is 10.7. The van der Waals surface area contributed by atoms with E-state index in [1.165, 1.54) is 12.4 Å². The number of aromatic carboxylic acids is 1. The van der Waals surface area contributed by atoms with Gasteiger partial charge in [0.2, 0.25) is 5.43 Å². The molecule has 0 saturated heterocycles. The molecule has 3 rings (SSSR count). The molecule has 0 aliphatic carbocycles. The lowest BCUT2D eigenvalue weighted by molar-refractivity contribution is 0.0695. The van der Waals surface area contributed by atoms with Crippen LogP contribution in [-0.4, -0.2) is 25.8 Å². The minimum absolute atomic E-state index is 0.253. The molecule has 0 amide bonds. The van der Waals surface area contributed by atoms with Crippen molar-refractivity contribution in [2.24, 2.45) is 0 Å². The van der Waals surface area contributed by atoms with Crippen molar-refractivity contribution in [1.82, 2.24) is 14.8 Å². The molecule has 0 bridgehead atoms. The second kappa shape index (κ2) is 4.09. The minimum atomic E-state index is -1.25. The monoisotopic (exact) mass is 255 g/mol. The summed E-state index contributed by atoms with van der Waals surface area (Å²) in [6.07, 6.45) is 2.56. The van der Waals surface area contributed by atoms with Gasteiger partial charge in [-0.3, -0.25) is 4.79 Å². The Labute approximate surface area is 106 Å². The number of benzene rings is 1. The molecule has 0 unspecified atom stereocenters. The van der Waals surface area contributed by atoms with Crippen LogP contribution >= 0.6 is 0 Å². The van der Waals surface area contributed by atoms with E-state index in [1.54, 1.807) is 4.68 Å². The second-order valence-corrected chi connectivity index (χ2v) is 3.99. The predicted octanol–water partition coefficient (Wildman–Crippen LogP) is 1.41. The SMILES string of the molecule is O=C(O)c1c[nH]c2c(cnn2-c2ccccc2)c1=O. The molecule has 2 aromatic heterocycles. The Kier molecular flexibility index (Phi) is 2.42. The lowest BCUT2D eigenvalue weighted by Crippen LogP contribution is -2.15. The van der Waals surface area contributed by atoms with Gasteiger partial charge >= 0.3 is 5.97 Å². The van der Waals surface area contributed by atoms with E-state index < -0.39 is 11.4 Å². The average molecular weight is 255 g/mol. The highest BCUT2D eigenvalue weighted by molar-refractivity contribution is 5.91. The first-order valence-electron chi connectivity index (χ1n) is 5.56. The maximum Gasteiger partial charge on any atom is 0.341 e. The Bertz CT molecular complexity index is 818. The summed E-state index contributed by atoms with van der Waals surface area (Å²) in [5.41, 5.74) is 0.431. The molecular formula is C13H9N3O3. The maximum atomic E-state index is 12.0. The summed E-state index contributed by atoms with van der Waals surface area (Å²) < 4.78 is 1.56. The van der Waals surface area contributed by atoms with Gasteiger partial charge in [-0.25, -0.2) is 9.48 Å². The molecule has 1 aromatic carbocycles. The molecule has 3 aromatic rings. The summed E-state index contributed by atoms with van der Waals surface area (Å²) in [5, 5.41) is 13.3. The van der Waals surface area contributed by atoms with Crippen molar-refractivity contribution in [3.05, 3.63) is 58.5 Å². The lowest BCUT2D eigenvalue weighted by Gasteiger charge is -2.02. The molecule has 2 heterocycles. The summed E-state index contributed by atoms with van der Waals surface area (Å²) in [6.45, 7) is 0. The third kappa shape index (κ3) is 1.70. The largest absolute Gasteiger partial charge is 0.477 e. The van der Waals surface area contributed by atoms with Gasteiger partial charge in [0.25, 0.3) is 0 Å². The fourth-order valence-electron chi connectivity index (χ4n) is 1.93. The van der Waals surface area contributed by atoms with E-state index in [-0.39, 0.29) is 10.9 Å². The first-order chi connectivity index (χ1) is 9.18. The molecule has 0 radical (unpaired) electrons. The molecule has 0 aliphatic rings. The maximum absolute atomic E-state index is 12.0. The molecular weight excluding hydrogens is 246 g/mol. The summed E-state index contributed by atoms with van der Waals surface area (Å²) >= 11 is 0. The van der Waals surface area contributed by atoms with Crippen molar-refractivity contribution in [3.63, 3.8) is 0 Å². The number of rotatable bonds is 2. The molecule has 2 N–H and O–H groups in total. The molecule has 6 nitrogen and oxygen atoms in total. The van der Waals surface area contributed by atoms with Crippen LogP contribution in [0, 0.1) is 0 Å². The number of para-hydroxylation sites is 1. The Morgan fingerprint density at radius 1 is 1.26 bits per heavy atom. The van der Waals surface area contributed by atoms with Crippen LogP contribution in [0.1, 0.15) is 10.4 Å². The van der Waals surface area contributed by atoms with Crippen LogP contribution in [-0.2, 0) is 0 Å². The van der Waals surface area contributed by atoms with Crippen LogP contribution in [0.25, 0.3) is 16.7 Å². The van der Waals surface area contributed by atoms with E-state index in [0.717, 1.165) is 5.69 Å². The highest BCUT2D eigenvalue weighted by Gasteiger charge is 2.14. The molecule has 94 valence electrons. The third-order valence-corrected chi connectivity index (χ3v) is 2.84. The highest BCUT2D eigenvalue weighted by atomic mass is 16.4. The van der Waals surface area contributed by atoms with Crippen LogP contribution in [0.4, 0.5) is 0 Å². The van der Waals surface area contributed by atoms with Gasteiger partial charge < -0.3 is 10.1 Å². The number of carbonyl (C=O) groups is 1. The van der Waals surface area contributed by atoms with Crippen LogP contribution in [0.2, 0.25) is 0 Å². The van der Waals surface area contributed by atoms with Gasteiger partial charge in [0, 0.05) is 6.20 Å². The molecule has 0 atom stereocenters. The number of fused-ring (bicyclic) bond motifs is 1. The van der Waals surface area contributed by atoms with Crippen molar-refractivity contribution in [2.75, 3.05) is 0 Å². The van der Waals surface area contributed by atoms with Crippen LogP contribution in [0.5, 0.6) is 0 Å². The third-order valence-electron chi connectivity index (χ3n) is 2.84. The fraction of sp³-hybridized carbons (Fsp3) is 0. The minimum Gasteiger partial charge on any atom is -0.477 e. The molecule has 0 saturated carbocycles.